The molecule has 0 aliphatic heterocycles. The van der Waals surface area contributed by atoms with Gasteiger partial charge in [-0.1, -0.05) is 31.0 Å². The van der Waals surface area contributed by atoms with Crippen LogP contribution in [0.4, 0.5) is 0 Å². The first-order chi connectivity index (χ1) is 12.1. The molecule has 0 radical (unpaired) electrons. The molecule has 1 heterocycles. The van der Waals surface area contributed by atoms with Gasteiger partial charge >= 0.3 is 0 Å². The summed E-state index contributed by atoms with van der Waals surface area (Å²) in [5.74, 6) is 0.153. The number of nitrogens with zero attached hydrogens (tertiary/aromatic N) is 3. The molecule has 2 aliphatic carbocycles. The Kier molecular flexibility index (Phi) is 6.01. The third-order valence-corrected chi connectivity index (χ3v) is 6.58. The van der Waals surface area contributed by atoms with E-state index in [1.54, 1.807) is 0 Å². The molecular formula is C20H27N3OS. The second kappa shape index (κ2) is 8.23. The molecule has 0 spiro atoms. The Morgan fingerprint density at radius 3 is 2.72 bits per heavy atom. The number of amides is 1. The number of rotatable bonds is 4. The molecule has 1 saturated carbocycles. The summed E-state index contributed by atoms with van der Waals surface area (Å²) in [7, 11) is 1.93. The summed E-state index contributed by atoms with van der Waals surface area (Å²) in [6, 6.07) is 4.64. The topological polar surface area (TPSA) is 57.0 Å². The highest BCUT2D eigenvalue weighted by molar-refractivity contribution is 8.00. The number of aryl methyl sites for hydroxylation is 2. The first-order valence-electron chi connectivity index (χ1n) is 9.46. The summed E-state index contributed by atoms with van der Waals surface area (Å²) in [6.45, 7) is 1.94. The molecule has 0 aromatic carbocycles. The average molecular weight is 358 g/mol. The van der Waals surface area contributed by atoms with Gasteiger partial charge in [-0.15, -0.1) is 0 Å². The van der Waals surface area contributed by atoms with Crippen LogP contribution < -0.4 is 0 Å². The molecule has 0 saturated heterocycles. The smallest absolute Gasteiger partial charge is 0.235 e. The van der Waals surface area contributed by atoms with E-state index in [2.05, 4.69) is 6.07 Å². The Morgan fingerprint density at radius 1 is 1.28 bits per heavy atom. The molecule has 4 nitrogen and oxygen atoms in total. The first-order valence-corrected chi connectivity index (χ1v) is 10.3. The van der Waals surface area contributed by atoms with Gasteiger partial charge in [0.05, 0.1) is 10.8 Å². The lowest BCUT2D eigenvalue weighted by Gasteiger charge is -2.32. The maximum atomic E-state index is 12.8. The van der Waals surface area contributed by atoms with Crippen molar-refractivity contribution >= 4 is 17.7 Å². The molecule has 5 heteroatoms. The lowest BCUT2D eigenvalue weighted by atomic mass is 9.94. The van der Waals surface area contributed by atoms with Crippen LogP contribution in [0.5, 0.6) is 0 Å². The Morgan fingerprint density at radius 2 is 2.00 bits per heavy atom. The van der Waals surface area contributed by atoms with Crippen LogP contribution in [-0.4, -0.2) is 34.1 Å². The molecule has 25 heavy (non-hydrogen) atoms. The molecule has 1 fully saturated rings. The van der Waals surface area contributed by atoms with E-state index >= 15 is 0 Å². The maximum Gasteiger partial charge on any atom is 0.235 e. The number of nitriles is 1. The number of carbonyl (C=O) groups excluding carboxylic acids is 1. The number of carbonyl (C=O) groups is 1. The van der Waals surface area contributed by atoms with Gasteiger partial charge in [0.25, 0.3) is 0 Å². The number of fused-ring (bicyclic) bond motifs is 1. The van der Waals surface area contributed by atoms with Crippen molar-refractivity contribution in [3.8, 4) is 6.07 Å². The van der Waals surface area contributed by atoms with Crippen LogP contribution >= 0.6 is 11.8 Å². The minimum absolute atomic E-state index is 0.153. The molecule has 2 aliphatic rings. The number of aromatic nitrogens is 1. The van der Waals surface area contributed by atoms with Crippen LogP contribution in [0.15, 0.2) is 11.1 Å². The zero-order valence-electron chi connectivity index (χ0n) is 15.3. The fraction of sp³-hybridized carbons (Fsp3) is 0.650. The van der Waals surface area contributed by atoms with Crippen molar-refractivity contribution < 1.29 is 4.79 Å². The van der Waals surface area contributed by atoms with Gasteiger partial charge in [0.1, 0.15) is 11.1 Å². The molecule has 1 atom stereocenters. The van der Waals surface area contributed by atoms with E-state index in [0.717, 1.165) is 42.8 Å². The van der Waals surface area contributed by atoms with Crippen LogP contribution in [0, 0.1) is 11.3 Å². The van der Waals surface area contributed by atoms with Crippen molar-refractivity contribution in [1.29, 1.82) is 5.26 Å². The lowest BCUT2D eigenvalue weighted by molar-refractivity contribution is -0.131. The second-order valence-electron chi connectivity index (χ2n) is 7.27. The van der Waals surface area contributed by atoms with Crippen molar-refractivity contribution in [2.75, 3.05) is 7.05 Å². The number of pyridine rings is 1. The minimum atomic E-state index is -0.215. The van der Waals surface area contributed by atoms with Gasteiger partial charge in [-0.25, -0.2) is 4.98 Å². The Bertz CT molecular complexity index is 676. The minimum Gasteiger partial charge on any atom is -0.342 e. The summed E-state index contributed by atoms with van der Waals surface area (Å²) in [6.07, 6.45) is 10.3. The Balaban J connectivity index is 1.72. The van der Waals surface area contributed by atoms with Crippen LogP contribution in [0.2, 0.25) is 0 Å². The molecular weight excluding hydrogens is 330 g/mol. The van der Waals surface area contributed by atoms with Crippen LogP contribution in [-0.2, 0) is 17.6 Å². The summed E-state index contributed by atoms with van der Waals surface area (Å²) >= 11 is 1.44. The second-order valence-corrected chi connectivity index (χ2v) is 8.60. The monoisotopic (exact) mass is 357 g/mol. The van der Waals surface area contributed by atoms with Crippen molar-refractivity contribution in [1.82, 2.24) is 9.88 Å². The molecule has 1 aromatic heterocycles. The largest absolute Gasteiger partial charge is 0.342 e. The SMILES string of the molecule is CC(Sc1nc2c(cc1C#N)CCCC2)C(=O)N(C)C1CCCCC1. The molecule has 0 bridgehead atoms. The molecule has 134 valence electrons. The first kappa shape index (κ1) is 18.3. The van der Waals surface area contributed by atoms with Crippen molar-refractivity contribution in [2.45, 2.75) is 81.0 Å². The fourth-order valence-electron chi connectivity index (χ4n) is 3.94. The summed E-state index contributed by atoms with van der Waals surface area (Å²) in [4.78, 5) is 19.5. The summed E-state index contributed by atoms with van der Waals surface area (Å²) in [5, 5.41) is 9.99. The van der Waals surface area contributed by atoms with E-state index in [-0.39, 0.29) is 11.2 Å². The van der Waals surface area contributed by atoms with Crippen LogP contribution in [0.25, 0.3) is 0 Å². The number of hydrogen-bond acceptors (Lipinski definition) is 4. The van der Waals surface area contributed by atoms with Crippen molar-refractivity contribution in [3.63, 3.8) is 0 Å². The third-order valence-electron chi connectivity index (χ3n) is 5.49. The van der Waals surface area contributed by atoms with Crippen LogP contribution in [0.3, 0.4) is 0 Å². The quantitative estimate of drug-likeness (QED) is 0.761. The maximum absolute atomic E-state index is 12.8. The van der Waals surface area contributed by atoms with Gasteiger partial charge in [-0.05, 0) is 57.1 Å². The van der Waals surface area contributed by atoms with Gasteiger partial charge in [-0.3, -0.25) is 4.79 Å². The standard InChI is InChI=1S/C20H27N3OS/c1-14(20(24)23(2)17-9-4-3-5-10-17)25-19-16(13-21)12-15-8-6-7-11-18(15)22-19/h12,14,17H,3-11H2,1-2H3. The van der Waals surface area contributed by atoms with Gasteiger partial charge in [0, 0.05) is 18.8 Å². The van der Waals surface area contributed by atoms with E-state index in [0.29, 0.717) is 11.6 Å². The normalized spacial score (nSPS) is 18.9. The van der Waals surface area contributed by atoms with E-state index in [9.17, 15) is 10.1 Å². The molecule has 1 amide bonds. The van der Waals surface area contributed by atoms with E-state index in [4.69, 9.17) is 4.98 Å². The molecule has 3 rings (SSSR count). The van der Waals surface area contributed by atoms with E-state index in [1.165, 1.54) is 43.0 Å². The lowest BCUT2D eigenvalue weighted by Crippen LogP contribution is -2.42. The summed E-state index contributed by atoms with van der Waals surface area (Å²) < 4.78 is 0. The van der Waals surface area contributed by atoms with Gasteiger partial charge in [0.2, 0.25) is 5.91 Å². The zero-order valence-corrected chi connectivity index (χ0v) is 16.1. The predicted octanol–water partition coefficient (Wildman–Crippen LogP) is 4.10. The molecule has 0 N–H and O–H groups in total. The van der Waals surface area contributed by atoms with Gasteiger partial charge in [0.15, 0.2) is 0 Å². The zero-order chi connectivity index (χ0) is 17.8. The van der Waals surface area contributed by atoms with Crippen molar-refractivity contribution in [3.05, 3.63) is 22.9 Å². The van der Waals surface area contributed by atoms with Gasteiger partial charge in [-0.2, -0.15) is 5.26 Å². The Labute approximate surface area is 155 Å². The average Bonchev–Trinajstić information content (AvgIpc) is 2.66. The summed E-state index contributed by atoms with van der Waals surface area (Å²) in [5.41, 5.74) is 2.95. The number of hydrogen-bond donors (Lipinski definition) is 0. The van der Waals surface area contributed by atoms with E-state index in [1.807, 2.05) is 24.9 Å². The highest BCUT2D eigenvalue weighted by Gasteiger charge is 2.27. The third kappa shape index (κ3) is 4.17. The fourth-order valence-corrected chi connectivity index (χ4v) is 4.93. The van der Waals surface area contributed by atoms with Gasteiger partial charge < -0.3 is 4.90 Å². The predicted molar refractivity (Wildman–Crippen MR) is 101 cm³/mol. The number of thioether (sulfide) groups is 1. The Hall–Kier alpha value is -1.54. The molecule has 1 aromatic rings. The highest BCUT2D eigenvalue weighted by atomic mass is 32.2. The highest BCUT2D eigenvalue weighted by Crippen LogP contribution is 2.31. The van der Waals surface area contributed by atoms with Crippen molar-refractivity contribution in [2.24, 2.45) is 0 Å². The van der Waals surface area contributed by atoms with E-state index < -0.39 is 0 Å². The van der Waals surface area contributed by atoms with Crippen LogP contribution in [0.1, 0.15) is 68.7 Å². The molecule has 1 unspecified atom stereocenters.